The van der Waals surface area contributed by atoms with Crippen LogP contribution in [0.4, 0.5) is 0 Å². The maximum atomic E-state index is 5.42. The summed E-state index contributed by atoms with van der Waals surface area (Å²) in [6.07, 6.45) is 3.34. The second kappa shape index (κ2) is 4.18. The van der Waals surface area contributed by atoms with Crippen molar-refractivity contribution in [3.8, 4) is 11.5 Å². The van der Waals surface area contributed by atoms with E-state index in [0.29, 0.717) is 13.1 Å². The Kier molecular flexibility index (Phi) is 2.72. The molecule has 2 rings (SSSR count). The minimum Gasteiger partial charge on any atom is -0.329 e. The van der Waals surface area contributed by atoms with Crippen molar-refractivity contribution >= 4 is 0 Å². The van der Waals surface area contributed by atoms with Crippen LogP contribution in [0.2, 0.25) is 0 Å². The molecule has 0 radical (unpaired) electrons. The van der Waals surface area contributed by atoms with Gasteiger partial charge < -0.3 is 5.73 Å². The van der Waals surface area contributed by atoms with E-state index in [1.54, 1.807) is 9.36 Å². The van der Waals surface area contributed by atoms with Crippen molar-refractivity contribution in [2.24, 2.45) is 5.73 Å². The highest BCUT2D eigenvalue weighted by atomic mass is 15.4. The molecule has 0 spiro atoms. The molecule has 7 heteroatoms. The van der Waals surface area contributed by atoms with E-state index < -0.39 is 0 Å². The third-order valence-corrected chi connectivity index (χ3v) is 2.04. The van der Waals surface area contributed by atoms with E-state index in [-0.39, 0.29) is 0 Å². The van der Waals surface area contributed by atoms with E-state index in [9.17, 15) is 0 Å². The molecule has 0 saturated heterocycles. The molecular weight excluding hydrogens is 194 g/mol. The first-order chi connectivity index (χ1) is 7.35. The summed E-state index contributed by atoms with van der Waals surface area (Å²) in [7, 11) is 0. The fraction of sp³-hybridized carbons (Fsp3) is 0.500. The molecule has 0 fully saturated rings. The molecule has 0 atom stereocenters. The Hall–Kier alpha value is -1.76. The zero-order valence-corrected chi connectivity index (χ0v) is 8.54. The second-order valence-electron chi connectivity index (χ2n) is 3.05. The molecule has 0 amide bonds. The van der Waals surface area contributed by atoms with Gasteiger partial charge in [0, 0.05) is 13.1 Å². The summed E-state index contributed by atoms with van der Waals surface area (Å²) in [5.41, 5.74) is 6.15. The number of nitrogens with zero attached hydrogens (tertiary/aromatic N) is 6. The normalized spacial score (nSPS) is 10.8. The lowest BCUT2D eigenvalue weighted by molar-refractivity contribution is 0.598. The number of rotatable bonds is 4. The first kappa shape index (κ1) is 9.78. The predicted molar refractivity (Wildman–Crippen MR) is 53.8 cm³/mol. The maximum Gasteiger partial charge on any atom is 0.180 e. The molecule has 7 nitrogen and oxygen atoms in total. The van der Waals surface area contributed by atoms with Crippen LogP contribution in [0.25, 0.3) is 11.5 Å². The summed E-state index contributed by atoms with van der Waals surface area (Å²) in [4.78, 5) is 4.14. The summed E-state index contributed by atoms with van der Waals surface area (Å²) in [5.74, 6) is 0.737. The highest BCUT2D eigenvalue weighted by molar-refractivity contribution is 5.46. The molecule has 0 bridgehead atoms. The van der Waals surface area contributed by atoms with Gasteiger partial charge in [-0.15, -0.1) is 5.10 Å². The average molecular weight is 207 g/mol. The van der Waals surface area contributed by atoms with Crippen molar-refractivity contribution in [1.82, 2.24) is 29.8 Å². The van der Waals surface area contributed by atoms with Gasteiger partial charge in [0.1, 0.15) is 12.0 Å². The Labute approximate surface area is 86.9 Å². The van der Waals surface area contributed by atoms with Gasteiger partial charge in [0.05, 0.1) is 12.7 Å². The summed E-state index contributed by atoms with van der Waals surface area (Å²) in [6.45, 7) is 3.97. The summed E-state index contributed by atoms with van der Waals surface area (Å²) >= 11 is 0. The lowest BCUT2D eigenvalue weighted by atomic mass is 10.4. The van der Waals surface area contributed by atoms with Crippen molar-refractivity contribution in [2.45, 2.75) is 20.0 Å². The zero-order valence-electron chi connectivity index (χ0n) is 8.54. The summed E-state index contributed by atoms with van der Waals surface area (Å²) < 4.78 is 3.47. The molecule has 0 unspecified atom stereocenters. The Morgan fingerprint density at radius 3 is 3.07 bits per heavy atom. The van der Waals surface area contributed by atoms with E-state index in [2.05, 4.69) is 20.4 Å². The van der Waals surface area contributed by atoms with Crippen LogP contribution in [0, 0.1) is 0 Å². The van der Waals surface area contributed by atoms with E-state index in [1.807, 2.05) is 13.1 Å². The van der Waals surface area contributed by atoms with Crippen molar-refractivity contribution in [1.29, 1.82) is 0 Å². The van der Waals surface area contributed by atoms with Crippen LogP contribution in [0.5, 0.6) is 0 Å². The number of aryl methyl sites for hydroxylation is 1. The zero-order chi connectivity index (χ0) is 10.7. The first-order valence-electron chi connectivity index (χ1n) is 4.83. The Bertz CT molecular complexity index is 430. The summed E-state index contributed by atoms with van der Waals surface area (Å²) in [6, 6.07) is 0. The number of nitrogens with two attached hydrogens (primary N) is 1. The van der Waals surface area contributed by atoms with E-state index >= 15 is 0 Å². The first-order valence-corrected chi connectivity index (χ1v) is 4.83. The van der Waals surface area contributed by atoms with Crippen molar-refractivity contribution < 1.29 is 0 Å². The van der Waals surface area contributed by atoms with Crippen molar-refractivity contribution in [3.05, 3.63) is 12.5 Å². The number of aromatic nitrogens is 6. The average Bonchev–Trinajstić information content (AvgIpc) is 2.84. The lowest BCUT2D eigenvalue weighted by Gasteiger charge is -1.97. The van der Waals surface area contributed by atoms with Crippen LogP contribution in [0.1, 0.15) is 6.92 Å². The van der Waals surface area contributed by atoms with Gasteiger partial charge in [-0.1, -0.05) is 5.21 Å². The van der Waals surface area contributed by atoms with Crippen molar-refractivity contribution in [3.63, 3.8) is 0 Å². The molecule has 80 valence electrons. The standard InChI is InChI=1S/C8H13N7/c1-2-15-8(10-6-11-15)7-5-14(4-3-9)13-12-7/h5-6H,2-4,9H2,1H3. The molecule has 2 aromatic heterocycles. The minimum atomic E-state index is 0.545. The SMILES string of the molecule is CCn1ncnc1-c1cn(CCN)nn1. The van der Waals surface area contributed by atoms with Crippen LogP contribution in [-0.4, -0.2) is 36.3 Å². The molecule has 0 aromatic carbocycles. The van der Waals surface area contributed by atoms with Gasteiger partial charge in [0.25, 0.3) is 0 Å². The maximum absolute atomic E-state index is 5.42. The Morgan fingerprint density at radius 2 is 2.33 bits per heavy atom. The molecule has 2 heterocycles. The van der Waals surface area contributed by atoms with Gasteiger partial charge in [0.15, 0.2) is 5.82 Å². The molecule has 2 aromatic rings. The van der Waals surface area contributed by atoms with Gasteiger partial charge in [0.2, 0.25) is 0 Å². The van der Waals surface area contributed by atoms with E-state index in [1.165, 1.54) is 6.33 Å². The fourth-order valence-corrected chi connectivity index (χ4v) is 1.34. The van der Waals surface area contributed by atoms with E-state index in [0.717, 1.165) is 18.1 Å². The topological polar surface area (TPSA) is 87.4 Å². The minimum absolute atomic E-state index is 0.545. The van der Waals surface area contributed by atoms with Crippen LogP contribution >= 0.6 is 0 Å². The monoisotopic (exact) mass is 207 g/mol. The molecular formula is C8H13N7. The Morgan fingerprint density at radius 1 is 1.47 bits per heavy atom. The fourth-order valence-electron chi connectivity index (χ4n) is 1.34. The third-order valence-electron chi connectivity index (χ3n) is 2.04. The smallest absolute Gasteiger partial charge is 0.180 e. The van der Waals surface area contributed by atoms with Gasteiger partial charge >= 0.3 is 0 Å². The van der Waals surface area contributed by atoms with Crippen LogP contribution in [-0.2, 0) is 13.1 Å². The third kappa shape index (κ3) is 1.86. The van der Waals surface area contributed by atoms with Crippen molar-refractivity contribution in [2.75, 3.05) is 6.54 Å². The predicted octanol–water partition coefficient (Wildman–Crippen LogP) is -0.485. The molecule has 0 aliphatic carbocycles. The molecule has 0 aliphatic heterocycles. The van der Waals surface area contributed by atoms with Gasteiger partial charge in [-0.2, -0.15) is 5.10 Å². The molecule has 0 saturated carbocycles. The molecule has 0 aliphatic rings. The number of hydrogen-bond acceptors (Lipinski definition) is 5. The van der Waals surface area contributed by atoms with Crippen LogP contribution in [0.15, 0.2) is 12.5 Å². The quantitative estimate of drug-likeness (QED) is 0.731. The highest BCUT2D eigenvalue weighted by Crippen LogP contribution is 2.11. The Balaban J connectivity index is 2.28. The van der Waals surface area contributed by atoms with E-state index in [4.69, 9.17) is 5.73 Å². The molecule has 15 heavy (non-hydrogen) atoms. The second-order valence-corrected chi connectivity index (χ2v) is 3.05. The lowest BCUT2D eigenvalue weighted by Crippen LogP contribution is -2.10. The largest absolute Gasteiger partial charge is 0.329 e. The van der Waals surface area contributed by atoms with Crippen LogP contribution < -0.4 is 5.73 Å². The highest BCUT2D eigenvalue weighted by Gasteiger charge is 2.09. The van der Waals surface area contributed by atoms with Gasteiger partial charge in [-0.25, -0.2) is 9.67 Å². The van der Waals surface area contributed by atoms with Crippen LogP contribution in [0.3, 0.4) is 0 Å². The summed E-state index contributed by atoms with van der Waals surface area (Å²) in [5, 5.41) is 12.0. The van der Waals surface area contributed by atoms with Gasteiger partial charge in [-0.3, -0.25) is 4.68 Å². The molecule has 2 N–H and O–H groups in total. The number of hydrogen-bond donors (Lipinski definition) is 1. The van der Waals surface area contributed by atoms with Gasteiger partial charge in [-0.05, 0) is 6.92 Å².